The van der Waals surface area contributed by atoms with Gasteiger partial charge in [0.2, 0.25) is 0 Å². The first-order chi connectivity index (χ1) is 2.56. The van der Waals surface area contributed by atoms with Crippen molar-refractivity contribution in [2.24, 2.45) is 0 Å². The molecule has 0 fully saturated rings. The Morgan fingerprint density at radius 2 is 1.71 bits per heavy atom. The van der Waals surface area contributed by atoms with Gasteiger partial charge in [-0.25, -0.2) is 4.18 Å². The van der Waals surface area contributed by atoms with E-state index in [1.54, 1.807) is 0 Å². The minimum absolute atomic E-state index is 0. The molecule has 0 radical (unpaired) electrons. The summed E-state index contributed by atoms with van der Waals surface area (Å²) in [4.78, 5) is 0. The normalized spacial score (nSPS) is 10.0. The summed E-state index contributed by atoms with van der Waals surface area (Å²) in [7, 11) is -3.92. The summed E-state index contributed by atoms with van der Waals surface area (Å²) >= 11 is 0. The molecule has 0 aromatic rings. The maximum absolute atomic E-state index is 10.9. The van der Waals surface area contributed by atoms with Crippen molar-refractivity contribution in [3.63, 3.8) is 0 Å². The van der Waals surface area contributed by atoms with E-state index in [1.807, 2.05) is 0 Å². The van der Waals surface area contributed by atoms with Gasteiger partial charge < -0.3 is 0 Å². The summed E-state index contributed by atoms with van der Waals surface area (Å²) < 4.78 is 32.3. The molecule has 0 unspecified atom stereocenters. The Morgan fingerprint density at radius 1 is 1.57 bits per heavy atom. The third-order valence-electron chi connectivity index (χ3n) is 0.199. The zero-order valence-electron chi connectivity index (χ0n) is 3.42. The second kappa shape index (κ2) is 2.86. The molecule has 0 saturated carbocycles. The zero-order chi connectivity index (χ0) is 5.21. The smallest absolute Gasteiger partial charge is 0.269 e. The van der Waals surface area contributed by atoms with Crippen LogP contribution in [0.25, 0.3) is 0 Å². The molecule has 0 rings (SSSR count). The van der Waals surface area contributed by atoms with E-state index in [-0.39, 0.29) is 4.70 Å². The Balaban J connectivity index is 0. The fourth-order valence-electron chi connectivity index (χ4n) is 0. The zero-order valence-corrected chi connectivity index (χ0v) is 4.24. The Labute approximate surface area is 39.9 Å². The van der Waals surface area contributed by atoms with Gasteiger partial charge in [-0.2, -0.15) is 8.42 Å². The molecule has 7 heavy (non-hydrogen) atoms. The summed E-state index contributed by atoms with van der Waals surface area (Å²) in [5.74, 6) is 0. The van der Waals surface area contributed by atoms with Gasteiger partial charge >= 0.3 is 10.5 Å². The van der Waals surface area contributed by atoms with Crippen LogP contribution in [-0.2, 0) is 14.7 Å². The number of halogens is 2. The van der Waals surface area contributed by atoms with Gasteiger partial charge in [-0.15, -0.1) is 0 Å². The van der Waals surface area contributed by atoms with E-state index in [1.165, 1.54) is 0 Å². The predicted octanol–water partition coefficient (Wildman–Crippen LogP) is -0.000400. The lowest BCUT2D eigenvalue weighted by Crippen LogP contribution is -1.89. The standard InChI is InChI=1S/CH3FO3S.FH/c1-5-6(2,3)4;/h1H3;1H. The Hall–Kier alpha value is -0.230. The molecule has 0 N–H and O–H groups in total. The van der Waals surface area contributed by atoms with Crippen molar-refractivity contribution in [1.82, 2.24) is 0 Å². The Kier molecular flexibility index (Phi) is 4.05. The lowest BCUT2D eigenvalue weighted by atomic mass is 11.8. The largest absolute Gasteiger partial charge is 0.437 e. The van der Waals surface area contributed by atoms with Crippen LogP contribution in [0.3, 0.4) is 0 Å². The summed E-state index contributed by atoms with van der Waals surface area (Å²) in [6, 6.07) is 0. The van der Waals surface area contributed by atoms with Gasteiger partial charge in [0.1, 0.15) is 0 Å². The van der Waals surface area contributed by atoms with E-state index < -0.39 is 10.5 Å². The van der Waals surface area contributed by atoms with Crippen LogP contribution in [0.1, 0.15) is 0 Å². The van der Waals surface area contributed by atoms with Crippen LogP contribution in [0.15, 0.2) is 0 Å². The molecule has 0 saturated heterocycles. The van der Waals surface area contributed by atoms with Crippen LogP contribution in [0.4, 0.5) is 8.59 Å². The average Bonchev–Trinajstić information content (AvgIpc) is 1.35. The van der Waals surface area contributed by atoms with Crippen LogP contribution < -0.4 is 0 Å². The maximum atomic E-state index is 10.9. The molecule has 0 aliphatic rings. The van der Waals surface area contributed by atoms with Crippen molar-refractivity contribution < 1.29 is 21.2 Å². The highest BCUT2D eigenvalue weighted by Gasteiger charge is 1.98. The highest BCUT2D eigenvalue weighted by atomic mass is 32.3. The Morgan fingerprint density at radius 3 is 1.71 bits per heavy atom. The van der Waals surface area contributed by atoms with Crippen molar-refractivity contribution in [3.8, 4) is 0 Å². The summed E-state index contributed by atoms with van der Waals surface area (Å²) in [6.45, 7) is 0. The first-order valence-corrected chi connectivity index (χ1v) is 2.37. The quantitative estimate of drug-likeness (QED) is 0.474. The minimum atomic E-state index is -4.66. The molecule has 0 atom stereocenters. The highest BCUT2D eigenvalue weighted by molar-refractivity contribution is 7.81. The van der Waals surface area contributed by atoms with Crippen LogP contribution >= 0.6 is 0 Å². The SMILES string of the molecule is COS(=O)(=O)F.F. The molecule has 0 aliphatic heterocycles. The molecule has 0 heterocycles. The Bertz CT molecular complexity index is 115. The summed E-state index contributed by atoms with van der Waals surface area (Å²) in [5.41, 5.74) is 0. The van der Waals surface area contributed by atoms with Crippen molar-refractivity contribution in [1.29, 1.82) is 0 Å². The van der Waals surface area contributed by atoms with Gasteiger partial charge in [-0.1, -0.05) is 3.89 Å². The van der Waals surface area contributed by atoms with E-state index in [9.17, 15) is 3.89 Å². The number of hydrogen-bond acceptors (Lipinski definition) is 3. The molecule has 46 valence electrons. The monoisotopic (exact) mass is 134 g/mol. The van der Waals surface area contributed by atoms with Gasteiger partial charge in [0.25, 0.3) is 0 Å². The van der Waals surface area contributed by atoms with Crippen molar-refractivity contribution in [3.05, 3.63) is 0 Å². The van der Waals surface area contributed by atoms with Gasteiger partial charge in [0, 0.05) is 0 Å². The van der Waals surface area contributed by atoms with E-state index in [2.05, 4.69) is 4.18 Å². The second-order valence-electron chi connectivity index (χ2n) is 0.560. The molecule has 6 heteroatoms. The van der Waals surface area contributed by atoms with Crippen LogP contribution in [0.5, 0.6) is 0 Å². The first-order valence-electron chi connectivity index (χ1n) is 1.06. The van der Waals surface area contributed by atoms with Crippen LogP contribution in [0, 0.1) is 0 Å². The average molecular weight is 134 g/mol. The predicted molar refractivity (Wildman–Crippen MR) is 19.5 cm³/mol. The third kappa shape index (κ3) is 10.7. The first kappa shape index (κ1) is 9.91. The van der Waals surface area contributed by atoms with E-state index in [4.69, 9.17) is 8.42 Å². The van der Waals surface area contributed by atoms with Gasteiger partial charge in [0.15, 0.2) is 0 Å². The van der Waals surface area contributed by atoms with Crippen LogP contribution in [0.2, 0.25) is 0 Å². The molecule has 0 amide bonds. The van der Waals surface area contributed by atoms with Crippen molar-refractivity contribution >= 4 is 10.5 Å². The molecular formula is CH4F2O3S. The maximum Gasteiger partial charge on any atom is 0.437 e. The number of rotatable bonds is 1. The van der Waals surface area contributed by atoms with Crippen LogP contribution in [-0.4, -0.2) is 15.5 Å². The van der Waals surface area contributed by atoms with Gasteiger partial charge in [-0.05, 0) is 0 Å². The van der Waals surface area contributed by atoms with Gasteiger partial charge in [-0.3, -0.25) is 4.70 Å². The van der Waals surface area contributed by atoms with E-state index in [0.29, 0.717) is 0 Å². The lowest BCUT2D eigenvalue weighted by Gasteiger charge is -1.78. The van der Waals surface area contributed by atoms with E-state index >= 15 is 0 Å². The third-order valence-corrected chi connectivity index (χ3v) is 0.597. The molecule has 3 nitrogen and oxygen atoms in total. The van der Waals surface area contributed by atoms with E-state index in [0.717, 1.165) is 7.11 Å². The minimum Gasteiger partial charge on any atom is -0.269 e. The molecule has 0 aromatic carbocycles. The second-order valence-corrected chi connectivity index (χ2v) is 1.68. The van der Waals surface area contributed by atoms with Gasteiger partial charge in [0.05, 0.1) is 7.11 Å². The van der Waals surface area contributed by atoms with Crippen molar-refractivity contribution in [2.45, 2.75) is 0 Å². The fraction of sp³-hybridized carbons (Fsp3) is 1.00. The fourth-order valence-corrected chi connectivity index (χ4v) is 0. The summed E-state index contributed by atoms with van der Waals surface area (Å²) in [6.07, 6.45) is 0. The highest BCUT2D eigenvalue weighted by Crippen LogP contribution is 1.85. The molecule has 0 spiro atoms. The lowest BCUT2D eigenvalue weighted by molar-refractivity contribution is 0.362. The summed E-state index contributed by atoms with van der Waals surface area (Å²) in [5, 5.41) is 0. The molecule has 0 bridgehead atoms. The van der Waals surface area contributed by atoms with Crippen molar-refractivity contribution in [2.75, 3.05) is 7.11 Å². The molecule has 0 aromatic heterocycles. The topological polar surface area (TPSA) is 43.4 Å². The number of hydrogen-bond donors (Lipinski definition) is 0. The molecule has 0 aliphatic carbocycles. The molecular weight excluding hydrogens is 130 g/mol.